The van der Waals surface area contributed by atoms with Crippen LogP contribution in [0.5, 0.6) is 0 Å². The highest BCUT2D eigenvalue weighted by molar-refractivity contribution is 9.14. The predicted octanol–water partition coefficient (Wildman–Crippen LogP) is 0.786. The van der Waals surface area contributed by atoms with Crippen molar-refractivity contribution in [1.82, 2.24) is 4.98 Å². The molecule has 0 atom stereocenters. The summed E-state index contributed by atoms with van der Waals surface area (Å²) in [5.41, 5.74) is 0.750. The van der Waals surface area contributed by atoms with E-state index >= 15 is 0 Å². The third kappa shape index (κ3) is 2.26. The molecule has 3 nitrogen and oxygen atoms in total. The molecule has 15 heavy (non-hydrogen) atoms. The highest BCUT2D eigenvalue weighted by Gasteiger charge is 2.05. The van der Waals surface area contributed by atoms with Gasteiger partial charge < -0.3 is 5.11 Å². The number of hydrogen-bond donors (Lipinski definition) is 1. The van der Waals surface area contributed by atoms with Crippen LogP contribution in [0.1, 0.15) is 18.4 Å². The van der Waals surface area contributed by atoms with E-state index in [0.717, 1.165) is 33.5 Å². The zero-order chi connectivity index (χ0) is 10.8. The maximum absolute atomic E-state index is 10.5. The third-order valence-corrected chi connectivity index (χ3v) is 3.09. The number of nitrogens with zero attached hydrogens (tertiary/aromatic N) is 1. The number of aliphatic carboxylic acids is 1. The van der Waals surface area contributed by atoms with Crippen molar-refractivity contribution in [2.75, 3.05) is 0 Å². The van der Waals surface area contributed by atoms with Crippen molar-refractivity contribution in [2.24, 2.45) is 0 Å². The Bertz CT molecular complexity index is 522. The third-order valence-electron chi connectivity index (χ3n) is 2.31. The minimum absolute atomic E-state index is 0.0335. The Kier molecular flexibility index (Phi) is 2.86. The molecule has 0 fully saturated rings. The molecule has 0 saturated carbocycles. The molecule has 0 bridgehead atoms. The van der Waals surface area contributed by atoms with Crippen LogP contribution in [0.4, 0.5) is 0 Å². The van der Waals surface area contributed by atoms with Gasteiger partial charge in [-0.3, -0.25) is 9.78 Å². The topological polar surface area (TPSA) is 50.2 Å². The highest BCUT2D eigenvalue weighted by Crippen LogP contribution is 2.13. The van der Waals surface area contributed by atoms with Crippen LogP contribution in [0, 0.1) is 0 Å². The molecule has 0 radical (unpaired) electrons. The molecular weight excluding hydrogens is 258 g/mol. The van der Waals surface area contributed by atoms with Crippen molar-refractivity contribution >= 4 is 32.5 Å². The first-order chi connectivity index (χ1) is 7.16. The van der Waals surface area contributed by atoms with Gasteiger partial charge in [0.1, 0.15) is 0 Å². The molecule has 0 saturated heterocycles. The van der Waals surface area contributed by atoms with Gasteiger partial charge >= 0.3 is 5.97 Å². The van der Waals surface area contributed by atoms with Crippen LogP contribution in [0.3, 0.4) is 0 Å². The van der Waals surface area contributed by atoms with Gasteiger partial charge in [-0.05, 0) is 29.7 Å². The zero-order valence-electron chi connectivity index (χ0n) is 8.03. The average Bonchev–Trinajstić information content (AvgIpc) is 2.17. The Morgan fingerprint density at radius 1 is 1.60 bits per heavy atom. The van der Waals surface area contributed by atoms with Crippen LogP contribution in [-0.2, 0) is 11.2 Å². The van der Waals surface area contributed by atoms with E-state index in [1.54, 1.807) is 6.20 Å². The zero-order valence-corrected chi connectivity index (χ0v) is 9.62. The van der Waals surface area contributed by atoms with Crippen molar-refractivity contribution in [3.8, 4) is 0 Å². The van der Waals surface area contributed by atoms with Crippen LogP contribution in [0.25, 0.3) is 10.6 Å². The molecule has 0 aromatic carbocycles. The number of fused-ring (bicyclic) bond motifs is 1. The lowest BCUT2D eigenvalue weighted by molar-refractivity contribution is -0.136. The summed E-state index contributed by atoms with van der Waals surface area (Å²) < 4.78 is 1.10. The van der Waals surface area contributed by atoms with Gasteiger partial charge in [0.25, 0.3) is 0 Å². The van der Waals surface area contributed by atoms with E-state index in [4.69, 9.17) is 5.11 Å². The fourth-order valence-corrected chi connectivity index (χ4v) is 2.21. The second-order valence-electron chi connectivity index (χ2n) is 3.50. The largest absolute Gasteiger partial charge is 0.481 e. The van der Waals surface area contributed by atoms with Crippen LogP contribution in [-0.4, -0.2) is 16.1 Å². The van der Waals surface area contributed by atoms with Gasteiger partial charge in [-0.15, -0.1) is 0 Å². The second-order valence-corrected chi connectivity index (χ2v) is 4.46. The van der Waals surface area contributed by atoms with E-state index in [1.807, 2.05) is 6.07 Å². The van der Waals surface area contributed by atoms with Gasteiger partial charge in [0, 0.05) is 10.7 Å². The summed E-state index contributed by atoms with van der Waals surface area (Å²) in [4.78, 5) is 14.8. The van der Waals surface area contributed by atoms with Crippen molar-refractivity contribution in [3.63, 3.8) is 0 Å². The fourth-order valence-electron chi connectivity index (χ4n) is 1.65. The Balaban J connectivity index is 2.52. The SMILES string of the molecule is O=C(O)Cc1cnc2c(c1)=CCCC=2Br. The lowest BCUT2D eigenvalue weighted by atomic mass is 10.1. The smallest absolute Gasteiger partial charge is 0.307 e. The molecule has 78 valence electrons. The Morgan fingerprint density at radius 3 is 3.13 bits per heavy atom. The summed E-state index contributed by atoms with van der Waals surface area (Å²) in [6.45, 7) is 0. The summed E-state index contributed by atoms with van der Waals surface area (Å²) in [6, 6.07) is 1.90. The molecule has 0 aliphatic heterocycles. The molecule has 1 heterocycles. The molecule has 0 spiro atoms. The van der Waals surface area contributed by atoms with Crippen molar-refractivity contribution in [1.29, 1.82) is 0 Å². The maximum atomic E-state index is 10.5. The van der Waals surface area contributed by atoms with Gasteiger partial charge in [0.2, 0.25) is 0 Å². The van der Waals surface area contributed by atoms with E-state index in [1.165, 1.54) is 0 Å². The summed E-state index contributed by atoms with van der Waals surface area (Å²) in [7, 11) is 0. The molecule has 0 unspecified atom stereocenters. The molecule has 4 heteroatoms. The summed E-state index contributed by atoms with van der Waals surface area (Å²) in [6.07, 6.45) is 5.71. The monoisotopic (exact) mass is 267 g/mol. The lowest BCUT2D eigenvalue weighted by Crippen LogP contribution is -2.32. The standard InChI is InChI=1S/C11H10BrNO2/c12-9-3-1-2-8-4-7(5-10(14)15)6-13-11(8)9/h2,4,6H,1,3,5H2,(H,14,15). The number of aromatic nitrogens is 1. The Hall–Kier alpha value is -1.16. The van der Waals surface area contributed by atoms with E-state index < -0.39 is 5.97 Å². The van der Waals surface area contributed by atoms with Gasteiger partial charge in [0.15, 0.2) is 0 Å². The van der Waals surface area contributed by atoms with E-state index in [0.29, 0.717) is 0 Å². The number of halogens is 1. The number of carboxylic acids is 1. The number of rotatable bonds is 2. The van der Waals surface area contributed by atoms with Crippen molar-refractivity contribution in [3.05, 3.63) is 28.4 Å². The maximum Gasteiger partial charge on any atom is 0.307 e. The van der Waals surface area contributed by atoms with Gasteiger partial charge in [-0.25, -0.2) is 0 Å². The van der Waals surface area contributed by atoms with Crippen LogP contribution >= 0.6 is 15.9 Å². The van der Waals surface area contributed by atoms with Crippen LogP contribution in [0.15, 0.2) is 12.3 Å². The molecular formula is C11H10BrNO2. The Morgan fingerprint density at radius 2 is 2.40 bits per heavy atom. The lowest BCUT2D eigenvalue weighted by Gasteiger charge is -2.04. The summed E-state index contributed by atoms with van der Waals surface area (Å²) in [5.74, 6) is -0.824. The predicted molar refractivity (Wildman–Crippen MR) is 60.9 cm³/mol. The van der Waals surface area contributed by atoms with E-state index in [-0.39, 0.29) is 6.42 Å². The fraction of sp³-hybridized carbons (Fsp3) is 0.273. The molecule has 1 aliphatic carbocycles. The number of carbonyl (C=O) groups is 1. The van der Waals surface area contributed by atoms with Gasteiger partial charge in [-0.2, -0.15) is 0 Å². The first-order valence-corrected chi connectivity index (χ1v) is 5.52. The summed E-state index contributed by atoms with van der Waals surface area (Å²) in [5, 5.41) is 10.6. The van der Waals surface area contributed by atoms with Crippen molar-refractivity contribution < 1.29 is 9.90 Å². The van der Waals surface area contributed by atoms with Crippen molar-refractivity contribution in [2.45, 2.75) is 19.3 Å². The first-order valence-electron chi connectivity index (χ1n) is 4.72. The Labute approximate surface area is 95.3 Å². The first kappa shape index (κ1) is 10.4. The highest BCUT2D eigenvalue weighted by atomic mass is 79.9. The number of carboxylic acid groups (broad SMARTS) is 1. The van der Waals surface area contributed by atoms with E-state index in [2.05, 4.69) is 27.0 Å². The quantitative estimate of drug-likeness (QED) is 0.862. The second kappa shape index (κ2) is 4.14. The molecule has 0 amide bonds. The van der Waals surface area contributed by atoms with Gasteiger partial charge in [-0.1, -0.05) is 22.0 Å². The molecule has 1 aliphatic rings. The number of pyridine rings is 1. The molecule has 1 N–H and O–H groups in total. The van der Waals surface area contributed by atoms with Gasteiger partial charge in [0.05, 0.1) is 11.8 Å². The van der Waals surface area contributed by atoms with Crippen LogP contribution in [0.2, 0.25) is 0 Å². The minimum atomic E-state index is -0.824. The average molecular weight is 268 g/mol. The number of hydrogen-bond acceptors (Lipinski definition) is 2. The minimum Gasteiger partial charge on any atom is -0.481 e. The molecule has 2 rings (SSSR count). The molecule has 1 aromatic rings. The summed E-state index contributed by atoms with van der Waals surface area (Å²) >= 11 is 3.48. The van der Waals surface area contributed by atoms with Crippen LogP contribution < -0.4 is 10.6 Å². The normalized spacial score (nSPS) is 14.3. The molecule has 1 aromatic heterocycles. The van der Waals surface area contributed by atoms with E-state index in [9.17, 15) is 4.79 Å².